The maximum atomic E-state index is 2.37. The van der Waals surface area contributed by atoms with E-state index in [1.54, 1.807) is 0 Å². The smallest absolute Gasteiger partial charge is 0.0380 e. The van der Waals surface area contributed by atoms with Crippen LogP contribution in [-0.4, -0.2) is 0 Å². The summed E-state index contributed by atoms with van der Waals surface area (Å²) < 4.78 is 0. The molecule has 0 bridgehead atoms. The third-order valence-corrected chi connectivity index (χ3v) is 2.95. The van der Waals surface area contributed by atoms with Gasteiger partial charge < -0.3 is 0 Å². The van der Waals surface area contributed by atoms with Crippen LogP contribution in [0.15, 0.2) is 0 Å². The minimum atomic E-state index is 0.479. The van der Waals surface area contributed by atoms with E-state index < -0.39 is 0 Å². The van der Waals surface area contributed by atoms with Crippen LogP contribution in [0.4, 0.5) is 0 Å². The molecule has 0 saturated heterocycles. The average molecular weight is 226 g/mol. The number of hydrogen-bond donors (Lipinski definition) is 0. The Labute approximate surface area is 104 Å². The van der Waals surface area contributed by atoms with Crippen molar-refractivity contribution < 1.29 is 0 Å². The maximum Gasteiger partial charge on any atom is -0.0380 e. The van der Waals surface area contributed by atoms with Gasteiger partial charge in [-0.25, -0.2) is 0 Å². The van der Waals surface area contributed by atoms with Crippen LogP contribution in [0.1, 0.15) is 81.1 Å². The largest absolute Gasteiger partial charge is 0.0628 e. The standard InChI is InChI=1S/C16H34/c1-13(2)9-10-14(11-15(3,4)5)12-16(6,7)8/h13-14H,9-12H2,1-8H3. The summed E-state index contributed by atoms with van der Waals surface area (Å²) in [6.45, 7) is 18.9. The molecule has 0 aromatic heterocycles. The minimum Gasteiger partial charge on any atom is -0.0628 e. The third kappa shape index (κ3) is 10.5. The monoisotopic (exact) mass is 226 g/mol. The molecule has 0 aliphatic rings. The lowest BCUT2D eigenvalue weighted by Crippen LogP contribution is -2.19. The summed E-state index contributed by atoms with van der Waals surface area (Å²) in [6.07, 6.45) is 5.54. The summed E-state index contributed by atoms with van der Waals surface area (Å²) in [4.78, 5) is 0. The second-order valence-electron chi connectivity index (χ2n) is 8.37. The van der Waals surface area contributed by atoms with Crippen molar-refractivity contribution in [3.05, 3.63) is 0 Å². The molecule has 0 heteroatoms. The van der Waals surface area contributed by atoms with Gasteiger partial charge in [0.15, 0.2) is 0 Å². The zero-order valence-corrected chi connectivity index (χ0v) is 13.0. The Hall–Kier alpha value is 0. The van der Waals surface area contributed by atoms with Crippen LogP contribution in [0, 0.1) is 22.7 Å². The van der Waals surface area contributed by atoms with Gasteiger partial charge in [-0.2, -0.15) is 0 Å². The molecule has 0 aromatic rings. The van der Waals surface area contributed by atoms with E-state index in [4.69, 9.17) is 0 Å². The van der Waals surface area contributed by atoms with Crippen molar-refractivity contribution in [2.24, 2.45) is 22.7 Å². The molecule has 98 valence electrons. The molecular formula is C16H34. The van der Waals surface area contributed by atoms with Crippen molar-refractivity contribution >= 4 is 0 Å². The molecule has 0 aliphatic heterocycles. The predicted octanol–water partition coefficient (Wildman–Crippen LogP) is 5.91. The Kier molecular flexibility index (Phi) is 6.07. The lowest BCUT2D eigenvalue weighted by atomic mass is 9.74. The first-order chi connectivity index (χ1) is 6.99. The van der Waals surface area contributed by atoms with Gasteiger partial charge >= 0.3 is 0 Å². The first-order valence-corrected chi connectivity index (χ1v) is 6.99. The van der Waals surface area contributed by atoms with Crippen LogP contribution in [-0.2, 0) is 0 Å². The van der Waals surface area contributed by atoms with Gasteiger partial charge in [0.2, 0.25) is 0 Å². The average Bonchev–Trinajstić information content (AvgIpc) is 1.93. The van der Waals surface area contributed by atoms with Crippen LogP contribution in [0.3, 0.4) is 0 Å². The maximum absolute atomic E-state index is 2.37. The Balaban J connectivity index is 4.28. The number of hydrogen-bond acceptors (Lipinski definition) is 0. The van der Waals surface area contributed by atoms with Crippen LogP contribution in [0.2, 0.25) is 0 Å². The van der Waals surface area contributed by atoms with Gasteiger partial charge in [-0.15, -0.1) is 0 Å². The van der Waals surface area contributed by atoms with Gasteiger partial charge in [-0.05, 0) is 35.5 Å². The fourth-order valence-corrected chi connectivity index (χ4v) is 2.58. The SMILES string of the molecule is CC(C)CCC(CC(C)(C)C)CC(C)(C)C. The highest BCUT2D eigenvalue weighted by atomic mass is 14.3. The van der Waals surface area contributed by atoms with Crippen LogP contribution in [0.25, 0.3) is 0 Å². The van der Waals surface area contributed by atoms with Crippen molar-refractivity contribution in [2.45, 2.75) is 81.1 Å². The molecule has 0 aliphatic carbocycles. The van der Waals surface area contributed by atoms with Gasteiger partial charge in [0.1, 0.15) is 0 Å². The summed E-state index contributed by atoms with van der Waals surface area (Å²) in [6, 6.07) is 0. The molecular weight excluding hydrogens is 192 g/mol. The lowest BCUT2D eigenvalue weighted by molar-refractivity contribution is 0.202. The normalized spacial score (nSPS) is 13.9. The molecule has 0 rings (SSSR count). The molecule has 0 spiro atoms. The van der Waals surface area contributed by atoms with E-state index in [1.807, 2.05) is 0 Å². The fourth-order valence-electron chi connectivity index (χ4n) is 2.58. The topological polar surface area (TPSA) is 0 Å². The van der Waals surface area contributed by atoms with Crippen LogP contribution in [0.5, 0.6) is 0 Å². The van der Waals surface area contributed by atoms with E-state index >= 15 is 0 Å². The molecule has 0 aromatic carbocycles. The Morgan fingerprint density at radius 2 is 1.06 bits per heavy atom. The summed E-state index contributed by atoms with van der Waals surface area (Å²) >= 11 is 0. The Bertz CT molecular complexity index is 159. The first kappa shape index (κ1) is 16.0. The quantitative estimate of drug-likeness (QED) is 0.546. The molecule has 0 heterocycles. The summed E-state index contributed by atoms with van der Waals surface area (Å²) in [5, 5.41) is 0. The summed E-state index contributed by atoms with van der Waals surface area (Å²) in [5.74, 6) is 1.75. The zero-order chi connectivity index (χ0) is 13.0. The molecule has 0 saturated carbocycles. The highest BCUT2D eigenvalue weighted by Crippen LogP contribution is 2.35. The van der Waals surface area contributed by atoms with Gasteiger partial charge in [0, 0.05) is 0 Å². The molecule has 0 nitrogen and oxygen atoms in total. The van der Waals surface area contributed by atoms with Gasteiger partial charge in [0.25, 0.3) is 0 Å². The van der Waals surface area contributed by atoms with Crippen molar-refractivity contribution in [1.29, 1.82) is 0 Å². The van der Waals surface area contributed by atoms with Crippen LogP contribution >= 0.6 is 0 Å². The lowest BCUT2D eigenvalue weighted by Gasteiger charge is -2.31. The highest BCUT2D eigenvalue weighted by Gasteiger charge is 2.23. The van der Waals surface area contributed by atoms with E-state index in [0.29, 0.717) is 10.8 Å². The van der Waals surface area contributed by atoms with E-state index in [-0.39, 0.29) is 0 Å². The third-order valence-electron chi connectivity index (χ3n) is 2.95. The van der Waals surface area contributed by atoms with E-state index in [9.17, 15) is 0 Å². The van der Waals surface area contributed by atoms with E-state index in [0.717, 1.165) is 11.8 Å². The first-order valence-electron chi connectivity index (χ1n) is 6.99. The summed E-state index contributed by atoms with van der Waals surface area (Å²) in [7, 11) is 0. The van der Waals surface area contributed by atoms with Gasteiger partial charge in [-0.3, -0.25) is 0 Å². The van der Waals surface area contributed by atoms with Crippen molar-refractivity contribution in [3.8, 4) is 0 Å². The number of rotatable bonds is 5. The predicted molar refractivity (Wildman–Crippen MR) is 75.7 cm³/mol. The fraction of sp³-hybridized carbons (Fsp3) is 1.00. The molecule has 16 heavy (non-hydrogen) atoms. The molecule has 0 radical (unpaired) electrons. The molecule has 0 unspecified atom stereocenters. The molecule has 0 N–H and O–H groups in total. The molecule has 0 fully saturated rings. The molecule has 0 atom stereocenters. The second kappa shape index (κ2) is 6.07. The minimum absolute atomic E-state index is 0.479. The van der Waals surface area contributed by atoms with E-state index in [1.165, 1.54) is 25.7 Å². The van der Waals surface area contributed by atoms with Gasteiger partial charge in [0.05, 0.1) is 0 Å². The molecule has 0 amide bonds. The highest BCUT2D eigenvalue weighted by molar-refractivity contribution is 4.75. The zero-order valence-electron chi connectivity index (χ0n) is 13.0. The Morgan fingerprint density at radius 3 is 1.31 bits per heavy atom. The second-order valence-corrected chi connectivity index (χ2v) is 8.37. The summed E-state index contributed by atoms with van der Waals surface area (Å²) in [5.41, 5.74) is 0.958. The van der Waals surface area contributed by atoms with E-state index in [2.05, 4.69) is 55.4 Å². The van der Waals surface area contributed by atoms with Crippen LogP contribution < -0.4 is 0 Å². The van der Waals surface area contributed by atoms with Crippen molar-refractivity contribution in [1.82, 2.24) is 0 Å². The van der Waals surface area contributed by atoms with Gasteiger partial charge in [-0.1, -0.05) is 68.2 Å². The van der Waals surface area contributed by atoms with Crippen molar-refractivity contribution in [2.75, 3.05) is 0 Å². The Morgan fingerprint density at radius 1 is 0.688 bits per heavy atom. The van der Waals surface area contributed by atoms with Crippen molar-refractivity contribution in [3.63, 3.8) is 0 Å².